The summed E-state index contributed by atoms with van der Waals surface area (Å²) in [7, 11) is 11.4. The Morgan fingerprint density at radius 2 is 1.22 bits per heavy atom. The maximum absolute atomic E-state index is 5.72. The Labute approximate surface area is 75.1 Å². The van der Waals surface area contributed by atoms with Crippen LogP contribution in [0.4, 0.5) is 0 Å². The molecule has 54 valence electrons. The van der Waals surface area contributed by atoms with E-state index in [0.29, 0.717) is 0 Å². The van der Waals surface area contributed by atoms with Gasteiger partial charge in [0.1, 0.15) is 0 Å². The second kappa shape index (κ2) is 4.90. The molecule has 0 unspecified atom stereocenters. The first-order valence-corrected chi connectivity index (χ1v) is 9.24. The van der Waals surface area contributed by atoms with Crippen molar-refractivity contribution in [3.8, 4) is 0 Å². The van der Waals surface area contributed by atoms with Crippen LogP contribution in [0.3, 0.4) is 0 Å². The molecule has 0 nitrogen and oxygen atoms in total. The standard InChI is InChI=1S/C4H4Cl4Se/c5-1-3-9(7,8)4-2-6/h1-4H/b3-1+,4-2+. The van der Waals surface area contributed by atoms with Crippen molar-refractivity contribution in [3.63, 3.8) is 0 Å². The average Bonchev–Trinajstić information content (AvgIpc) is 1.64. The van der Waals surface area contributed by atoms with E-state index in [1.165, 1.54) is 11.1 Å². The van der Waals surface area contributed by atoms with E-state index in [9.17, 15) is 0 Å². The van der Waals surface area contributed by atoms with Gasteiger partial charge in [-0.2, -0.15) is 0 Å². The molecule has 9 heavy (non-hydrogen) atoms. The van der Waals surface area contributed by atoms with Crippen molar-refractivity contribution < 1.29 is 0 Å². The summed E-state index contributed by atoms with van der Waals surface area (Å²) < 4.78 is 0. The molecule has 0 N–H and O–H groups in total. The molecule has 0 atom stereocenters. The molecular formula is C4H4Cl4Se. The Balaban J connectivity index is 4.01. The van der Waals surface area contributed by atoms with Gasteiger partial charge in [-0.3, -0.25) is 0 Å². The van der Waals surface area contributed by atoms with Crippen LogP contribution >= 0.6 is 43.4 Å². The van der Waals surface area contributed by atoms with Gasteiger partial charge in [0, 0.05) is 0 Å². The van der Waals surface area contributed by atoms with Crippen LogP contribution in [0.2, 0.25) is 0 Å². The zero-order chi connectivity index (χ0) is 7.33. The number of hydrogen-bond acceptors (Lipinski definition) is 0. The molecule has 5 heteroatoms. The van der Waals surface area contributed by atoms with Crippen LogP contribution in [-0.2, 0) is 0 Å². The van der Waals surface area contributed by atoms with Crippen molar-refractivity contribution in [3.05, 3.63) is 21.0 Å². The third kappa shape index (κ3) is 5.60. The van der Waals surface area contributed by atoms with Crippen molar-refractivity contribution in [2.24, 2.45) is 0 Å². The van der Waals surface area contributed by atoms with Crippen molar-refractivity contribution in [2.75, 3.05) is 0 Å². The third-order valence-electron chi connectivity index (χ3n) is 0.466. The second-order valence-electron chi connectivity index (χ2n) is 1.07. The van der Waals surface area contributed by atoms with Crippen LogP contribution < -0.4 is 0 Å². The summed E-state index contributed by atoms with van der Waals surface area (Å²) in [6.07, 6.45) is 0. The monoisotopic (exact) mass is 272 g/mol. The Morgan fingerprint density at radius 3 is 1.44 bits per heavy atom. The number of halogens is 4. The van der Waals surface area contributed by atoms with Gasteiger partial charge in [0.2, 0.25) is 0 Å². The Hall–Kier alpha value is 1.16. The fourth-order valence-corrected chi connectivity index (χ4v) is 4.80. The normalized spacial score (nSPS) is 15.6. The number of rotatable bonds is 2. The van der Waals surface area contributed by atoms with Gasteiger partial charge in [0.15, 0.2) is 0 Å². The fraction of sp³-hybridized carbons (Fsp3) is 0. The quantitative estimate of drug-likeness (QED) is 0.675. The molecule has 0 saturated heterocycles. The van der Waals surface area contributed by atoms with Crippen LogP contribution in [0.25, 0.3) is 0 Å². The van der Waals surface area contributed by atoms with Gasteiger partial charge in [-0.15, -0.1) is 0 Å². The van der Waals surface area contributed by atoms with Crippen molar-refractivity contribution in [2.45, 2.75) is 0 Å². The first kappa shape index (κ1) is 10.2. The van der Waals surface area contributed by atoms with Crippen molar-refractivity contribution in [1.29, 1.82) is 0 Å². The third-order valence-corrected chi connectivity index (χ3v) is 5.63. The zero-order valence-corrected chi connectivity index (χ0v) is 8.97. The summed E-state index contributed by atoms with van der Waals surface area (Å²) in [5.41, 5.74) is 2.60. The van der Waals surface area contributed by atoms with Gasteiger partial charge >= 0.3 is 75.4 Å². The topological polar surface area (TPSA) is 0 Å². The first-order valence-electron chi connectivity index (χ1n) is 1.88. The molecular weight excluding hydrogens is 269 g/mol. The SMILES string of the molecule is Cl/C=C/[Se](Cl)(Cl)/C=C/Cl. The fourth-order valence-electron chi connectivity index (χ4n) is 0.183. The number of hydrogen-bond donors (Lipinski definition) is 0. The van der Waals surface area contributed by atoms with E-state index >= 15 is 0 Å². The molecule has 0 aromatic heterocycles. The maximum atomic E-state index is 5.72. The van der Waals surface area contributed by atoms with E-state index in [0.717, 1.165) is 0 Å². The Bertz CT molecular complexity index is 115. The van der Waals surface area contributed by atoms with Gasteiger partial charge < -0.3 is 0 Å². The summed E-state index contributed by atoms with van der Waals surface area (Å²) in [5.74, 6) is 0. The second-order valence-corrected chi connectivity index (χ2v) is 11.2. The van der Waals surface area contributed by atoms with E-state index in [1.807, 2.05) is 0 Å². The molecule has 0 aliphatic heterocycles. The molecule has 0 heterocycles. The van der Waals surface area contributed by atoms with Crippen molar-refractivity contribution >= 4 is 54.4 Å². The average molecular weight is 273 g/mol. The van der Waals surface area contributed by atoms with Crippen LogP contribution in [0.1, 0.15) is 0 Å². The van der Waals surface area contributed by atoms with Gasteiger partial charge in [-0.1, -0.05) is 0 Å². The molecule has 0 aliphatic rings. The van der Waals surface area contributed by atoms with Gasteiger partial charge in [0.25, 0.3) is 0 Å². The van der Waals surface area contributed by atoms with E-state index < -0.39 is 11.0 Å². The predicted octanol–water partition coefficient (Wildman–Crippen LogP) is 3.49. The van der Waals surface area contributed by atoms with Crippen LogP contribution in [0.15, 0.2) is 21.0 Å². The minimum absolute atomic E-state index is 1.30. The molecule has 0 saturated carbocycles. The predicted molar refractivity (Wildman–Crippen MR) is 47.4 cm³/mol. The molecule has 0 fully saturated rings. The van der Waals surface area contributed by atoms with E-state index in [4.69, 9.17) is 43.4 Å². The molecule has 0 radical (unpaired) electrons. The van der Waals surface area contributed by atoms with E-state index in [1.54, 1.807) is 9.95 Å². The summed E-state index contributed by atoms with van der Waals surface area (Å²) in [5, 5.41) is 0. The molecule has 0 spiro atoms. The first-order chi connectivity index (χ1) is 4.12. The van der Waals surface area contributed by atoms with Crippen molar-refractivity contribution in [1.82, 2.24) is 0 Å². The molecule has 0 aromatic rings. The molecule has 0 rings (SSSR count). The minimum atomic E-state index is -2.55. The molecule has 0 aromatic carbocycles. The summed E-state index contributed by atoms with van der Waals surface area (Å²) in [6, 6.07) is 0. The van der Waals surface area contributed by atoms with E-state index in [2.05, 4.69) is 0 Å². The van der Waals surface area contributed by atoms with Gasteiger partial charge in [-0.05, 0) is 0 Å². The zero-order valence-electron chi connectivity index (χ0n) is 4.23. The summed E-state index contributed by atoms with van der Waals surface area (Å²) in [6.45, 7) is 0. The van der Waals surface area contributed by atoms with Crippen LogP contribution in [0, 0.1) is 0 Å². The summed E-state index contributed by atoms with van der Waals surface area (Å²) in [4.78, 5) is 3.11. The van der Waals surface area contributed by atoms with Gasteiger partial charge in [-0.25, -0.2) is 0 Å². The van der Waals surface area contributed by atoms with Gasteiger partial charge in [0.05, 0.1) is 0 Å². The summed E-state index contributed by atoms with van der Waals surface area (Å²) >= 11 is 7.92. The Morgan fingerprint density at radius 1 is 0.889 bits per heavy atom. The van der Waals surface area contributed by atoms with E-state index in [-0.39, 0.29) is 0 Å². The van der Waals surface area contributed by atoms with Crippen LogP contribution in [0.5, 0.6) is 0 Å². The molecule has 0 amide bonds. The molecule has 0 aliphatic carbocycles. The Kier molecular flexibility index (Phi) is 5.53. The molecule has 0 bridgehead atoms. The van der Waals surface area contributed by atoms with Crippen LogP contribution in [-0.4, -0.2) is 11.0 Å².